The quantitative estimate of drug-likeness (QED) is 0.756. The zero-order valence-electron chi connectivity index (χ0n) is 17.2. The lowest BCUT2D eigenvalue weighted by molar-refractivity contribution is -0.126. The van der Waals surface area contributed by atoms with Crippen LogP contribution in [0.3, 0.4) is 0 Å². The van der Waals surface area contributed by atoms with Crippen LogP contribution in [0.25, 0.3) is 0 Å². The number of hydrogen-bond donors (Lipinski definition) is 2. The first-order valence-electron chi connectivity index (χ1n) is 9.99. The minimum Gasteiger partial charge on any atom is -0.355 e. The standard InChI is InChI=1S/C22H30N4O2.ClH/c1-16-13-20(17(2)26(16)14-18-7-4-3-5-8-18)22(28)25-12-6-9-19(15-25)21(27)24-11-10-23;/h3-5,7-8,13,19H,6,9-12,14-15,23H2,1-2H3,(H,24,27);1H. The predicted octanol–water partition coefficient (Wildman–Crippen LogP) is 2.50. The van der Waals surface area contributed by atoms with Gasteiger partial charge in [-0.25, -0.2) is 0 Å². The Balaban J connectivity index is 0.00000300. The first kappa shape index (κ1) is 23.0. The lowest BCUT2D eigenvalue weighted by Gasteiger charge is -2.32. The van der Waals surface area contributed by atoms with Crippen molar-refractivity contribution in [3.8, 4) is 0 Å². The molecule has 1 aromatic heterocycles. The van der Waals surface area contributed by atoms with Crippen LogP contribution in [0.15, 0.2) is 36.4 Å². The van der Waals surface area contributed by atoms with E-state index in [1.807, 2.05) is 43.0 Å². The third kappa shape index (κ3) is 5.40. The second-order valence-corrected chi connectivity index (χ2v) is 7.53. The summed E-state index contributed by atoms with van der Waals surface area (Å²) in [4.78, 5) is 27.3. The number of carbonyl (C=O) groups is 2. The average molecular weight is 419 g/mol. The Morgan fingerprint density at radius 3 is 2.62 bits per heavy atom. The number of hydrogen-bond acceptors (Lipinski definition) is 3. The van der Waals surface area contributed by atoms with Gasteiger partial charge < -0.3 is 20.5 Å². The molecule has 2 heterocycles. The molecule has 6 nitrogen and oxygen atoms in total. The zero-order valence-corrected chi connectivity index (χ0v) is 18.0. The van der Waals surface area contributed by atoms with Gasteiger partial charge in [0.05, 0.1) is 11.5 Å². The Morgan fingerprint density at radius 1 is 1.21 bits per heavy atom. The number of halogens is 1. The Morgan fingerprint density at radius 2 is 1.93 bits per heavy atom. The van der Waals surface area contributed by atoms with E-state index in [9.17, 15) is 9.59 Å². The number of carbonyl (C=O) groups excluding carboxylic acids is 2. The average Bonchev–Trinajstić information content (AvgIpc) is 3.00. The van der Waals surface area contributed by atoms with E-state index in [-0.39, 0.29) is 30.1 Å². The van der Waals surface area contributed by atoms with Crippen molar-refractivity contribution >= 4 is 24.2 Å². The Kier molecular flexibility index (Phi) is 8.29. The minimum absolute atomic E-state index is 0. The van der Waals surface area contributed by atoms with Gasteiger partial charge in [0.15, 0.2) is 0 Å². The highest BCUT2D eigenvalue weighted by Gasteiger charge is 2.30. The van der Waals surface area contributed by atoms with Gasteiger partial charge in [-0.3, -0.25) is 9.59 Å². The summed E-state index contributed by atoms with van der Waals surface area (Å²) in [5.74, 6) is -0.140. The molecule has 29 heavy (non-hydrogen) atoms. The van der Waals surface area contributed by atoms with Crippen LogP contribution in [0.1, 0.15) is 40.2 Å². The SMILES string of the molecule is Cc1cc(C(=O)N2CCCC(C(=O)NCCN)C2)c(C)n1Cc1ccccc1.Cl. The second-order valence-electron chi connectivity index (χ2n) is 7.53. The van der Waals surface area contributed by atoms with Gasteiger partial charge in [-0.05, 0) is 38.3 Å². The fourth-order valence-corrected chi connectivity index (χ4v) is 3.91. The van der Waals surface area contributed by atoms with Crippen LogP contribution in [-0.2, 0) is 11.3 Å². The number of aromatic nitrogens is 1. The van der Waals surface area contributed by atoms with E-state index in [0.717, 1.165) is 36.3 Å². The van der Waals surface area contributed by atoms with Crippen LogP contribution < -0.4 is 11.1 Å². The van der Waals surface area contributed by atoms with Gasteiger partial charge in [0.2, 0.25) is 5.91 Å². The number of nitrogens with one attached hydrogen (secondary N) is 1. The first-order chi connectivity index (χ1) is 13.5. The van der Waals surface area contributed by atoms with E-state index < -0.39 is 0 Å². The molecule has 1 aliphatic rings. The fourth-order valence-electron chi connectivity index (χ4n) is 3.91. The highest BCUT2D eigenvalue weighted by Crippen LogP contribution is 2.23. The maximum absolute atomic E-state index is 13.2. The van der Waals surface area contributed by atoms with Crippen molar-refractivity contribution in [3.05, 3.63) is 58.9 Å². The van der Waals surface area contributed by atoms with Gasteiger partial charge in [-0.2, -0.15) is 0 Å². The molecule has 3 rings (SSSR count). The van der Waals surface area contributed by atoms with Crippen molar-refractivity contribution in [2.24, 2.45) is 11.7 Å². The van der Waals surface area contributed by atoms with Crippen molar-refractivity contribution < 1.29 is 9.59 Å². The Bertz CT molecular complexity index is 835. The van der Waals surface area contributed by atoms with E-state index >= 15 is 0 Å². The third-order valence-corrected chi connectivity index (χ3v) is 5.51. The molecular formula is C22H31ClN4O2. The number of aryl methyl sites for hydroxylation is 1. The summed E-state index contributed by atoms with van der Waals surface area (Å²) in [5.41, 5.74) is 9.45. The molecule has 1 saturated heterocycles. The van der Waals surface area contributed by atoms with Crippen LogP contribution in [0.4, 0.5) is 0 Å². The van der Waals surface area contributed by atoms with Crippen molar-refractivity contribution in [2.75, 3.05) is 26.2 Å². The Hall–Kier alpha value is -2.31. The molecule has 0 aliphatic carbocycles. The number of likely N-dealkylation sites (tertiary alicyclic amines) is 1. The molecule has 7 heteroatoms. The van der Waals surface area contributed by atoms with Crippen LogP contribution in [0.5, 0.6) is 0 Å². The lowest BCUT2D eigenvalue weighted by Crippen LogP contribution is -2.46. The van der Waals surface area contributed by atoms with Crippen molar-refractivity contribution in [2.45, 2.75) is 33.2 Å². The van der Waals surface area contributed by atoms with E-state index in [1.165, 1.54) is 5.56 Å². The van der Waals surface area contributed by atoms with Crippen LogP contribution in [0, 0.1) is 19.8 Å². The summed E-state index contributed by atoms with van der Waals surface area (Å²) in [7, 11) is 0. The summed E-state index contributed by atoms with van der Waals surface area (Å²) < 4.78 is 2.18. The van der Waals surface area contributed by atoms with Crippen LogP contribution >= 0.6 is 12.4 Å². The van der Waals surface area contributed by atoms with E-state index in [0.29, 0.717) is 26.2 Å². The molecule has 0 radical (unpaired) electrons. The summed E-state index contributed by atoms with van der Waals surface area (Å²) in [6, 6.07) is 12.2. The number of rotatable bonds is 6. The molecule has 3 N–H and O–H groups in total. The van der Waals surface area contributed by atoms with Crippen LogP contribution in [0.2, 0.25) is 0 Å². The molecule has 1 aliphatic heterocycles. The first-order valence-corrected chi connectivity index (χ1v) is 9.99. The normalized spacial score (nSPS) is 16.2. The van der Waals surface area contributed by atoms with Gasteiger partial charge in [-0.15, -0.1) is 12.4 Å². The molecule has 158 valence electrons. The Labute approximate surface area is 178 Å². The molecule has 0 bridgehead atoms. The molecule has 1 fully saturated rings. The zero-order chi connectivity index (χ0) is 20.1. The third-order valence-electron chi connectivity index (χ3n) is 5.51. The maximum atomic E-state index is 13.2. The minimum atomic E-state index is -0.156. The number of amides is 2. The predicted molar refractivity (Wildman–Crippen MR) is 117 cm³/mol. The van der Waals surface area contributed by atoms with Gasteiger partial charge in [0.1, 0.15) is 0 Å². The van der Waals surface area contributed by atoms with Gasteiger partial charge in [0, 0.05) is 44.1 Å². The van der Waals surface area contributed by atoms with E-state index in [1.54, 1.807) is 0 Å². The molecule has 2 aromatic rings. The summed E-state index contributed by atoms with van der Waals surface area (Å²) >= 11 is 0. The summed E-state index contributed by atoms with van der Waals surface area (Å²) in [5, 5.41) is 2.85. The van der Waals surface area contributed by atoms with Gasteiger partial charge >= 0.3 is 0 Å². The van der Waals surface area contributed by atoms with Gasteiger partial charge in [0.25, 0.3) is 5.91 Å². The van der Waals surface area contributed by atoms with E-state index in [4.69, 9.17) is 5.73 Å². The number of nitrogens with zero attached hydrogens (tertiary/aromatic N) is 2. The summed E-state index contributed by atoms with van der Waals surface area (Å²) in [6.07, 6.45) is 1.66. The summed E-state index contributed by atoms with van der Waals surface area (Å²) in [6.45, 7) is 6.85. The van der Waals surface area contributed by atoms with Crippen LogP contribution in [-0.4, -0.2) is 47.5 Å². The highest BCUT2D eigenvalue weighted by molar-refractivity contribution is 5.96. The number of piperidine rings is 1. The maximum Gasteiger partial charge on any atom is 0.255 e. The largest absolute Gasteiger partial charge is 0.355 e. The highest BCUT2D eigenvalue weighted by atomic mass is 35.5. The molecule has 2 amide bonds. The van der Waals surface area contributed by atoms with Crippen molar-refractivity contribution in [1.29, 1.82) is 0 Å². The lowest BCUT2D eigenvalue weighted by atomic mass is 9.96. The number of benzene rings is 1. The molecule has 1 unspecified atom stereocenters. The topological polar surface area (TPSA) is 80.4 Å². The number of nitrogens with two attached hydrogens (primary N) is 1. The van der Waals surface area contributed by atoms with E-state index in [2.05, 4.69) is 22.0 Å². The molecule has 1 atom stereocenters. The second kappa shape index (κ2) is 10.5. The monoisotopic (exact) mass is 418 g/mol. The molecule has 0 saturated carbocycles. The molecule has 0 spiro atoms. The van der Waals surface area contributed by atoms with Crippen molar-refractivity contribution in [3.63, 3.8) is 0 Å². The molecular weight excluding hydrogens is 388 g/mol. The fraction of sp³-hybridized carbons (Fsp3) is 0.455. The van der Waals surface area contributed by atoms with Gasteiger partial charge in [-0.1, -0.05) is 30.3 Å². The molecule has 1 aromatic carbocycles. The van der Waals surface area contributed by atoms with Crippen molar-refractivity contribution in [1.82, 2.24) is 14.8 Å². The smallest absolute Gasteiger partial charge is 0.255 e.